The van der Waals surface area contributed by atoms with Gasteiger partial charge in [-0.1, -0.05) is 91.0 Å². The van der Waals surface area contributed by atoms with Crippen LogP contribution in [0.5, 0.6) is 0 Å². The first-order chi connectivity index (χ1) is 11.3. The minimum atomic E-state index is 0.374. The van der Waals surface area contributed by atoms with E-state index in [-0.39, 0.29) is 0 Å². The smallest absolute Gasteiger partial charge is 0.0388 e. The van der Waals surface area contributed by atoms with Crippen molar-refractivity contribution in [3.8, 4) is 0 Å². The van der Waals surface area contributed by atoms with Gasteiger partial charge in [0.15, 0.2) is 0 Å². The van der Waals surface area contributed by atoms with Gasteiger partial charge in [0.2, 0.25) is 0 Å². The lowest BCUT2D eigenvalue weighted by Gasteiger charge is -2.29. The lowest BCUT2D eigenvalue weighted by molar-refractivity contribution is 0.234. The molecule has 1 nitrogen and oxygen atoms in total. The molecule has 1 heteroatoms. The molecule has 0 aliphatic rings. The number of benzene rings is 3. The van der Waals surface area contributed by atoms with Crippen LogP contribution in [-0.4, -0.2) is 11.9 Å². The van der Waals surface area contributed by atoms with Gasteiger partial charge in [0.25, 0.3) is 0 Å². The van der Waals surface area contributed by atoms with E-state index in [9.17, 15) is 0 Å². The van der Waals surface area contributed by atoms with Crippen LogP contribution >= 0.6 is 0 Å². The maximum Gasteiger partial charge on any atom is 0.0388 e. The van der Waals surface area contributed by atoms with Gasteiger partial charge in [0.05, 0.1) is 0 Å². The molecule has 3 rings (SSSR count). The molecule has 0 spiro atoms. The lowest BCUT2D eigenvalue weighted by Crippen LogP contribution is -2.26. The zero-order chi connectivity index (χ0) is 15.9. The number of nitrogens with zero attached hydrogens (tertiary/aromatic N) is 1. The minimum absolute atomic E-state index is 0.374. The fourth-order valence-corrected chi connectivity index (χ4v) is 3.02. The molecule has 0 saturated heterocycles. The van der Waals surface area contributed by atoms with E-state index in [1.165, 1.54) is 16.7 Å². The van der Waals surface area contributed by atoms with Crippen LogP contribution in [0.15, 0.2) is 91.0 Å². The van der Waals surface area contributed by atoms with E-state index in [1.807, 2.05) is 0 Å². The second kappa shape index (κ2) is 7.75. The highest BCUT2D eigenvalue weighted by atomic mass is 15.1. The third kappa shape index (κ3) is 4.30. The monoisotopic (exact) mass is 301 g/mol. The molecule has 0 fully saturated rings. The molecule has 0 aromatic heterocycles. The zero-order valence-corrected chi connectivity index (χ0v) is 13.6. The lowest BCUT2D eigenvalue weighted by atomic mass is 9.97. The molecule has 3 aromatic carbocycles. The van der Waals surface area contributed by atoms with Gasteiger partial charge in [-0.15, -0.1) is 0 Å². The number of rotatable bonds is 6. The molecule has 23 heavy (non-hydrogen) atoms. The molecule has 0 N–H and O–H groups in total. The van der Waals surface area contributed by atoms with Gasteiger partial charge < -0.3 is 0 Å². The normalized spacial score (nSPS) is 12.3. The van der Waals surface area contributed by atoms with E-state index in [4.69, 9.17) is 0 Å². The maximum atomic E-state index is 2.44. The van der Waals surface area contributed by atoms with E-state index in [0.717, 1.165) is 13.0 Å². The summed E-state index contributed by atoms with van der Waals surface area (Å²) in [7, 11) is 2.22. The second-order valence-corrected chi connectivity index (χ2v) is 6.02. The molecule has 0 heterocycles. The molecular formula is C22H23N. The molecule has 0 amide bonds. The summed E-state index contributed by atoms with van der Waals surface area (Å²) in [6.07, 6.45) is 1.02. The predicted molar refractivity (Wildman–Crippen MR) is 97.2 cm³/mol. The summed E-state index contributed by atoms with van der Waals surface area (Å²) in [6, 6.07) is 32.6. The van der Waals surface area contributed by atoms with Gasteiger partial charge in [0.1, 0.15) is 0 Å². The molecule has 116 valence electrons. The van der Waals surface area contributed by atoms with Crippen LogP contribution in [0.2, 0.25) is 0 Å². The molecule has 1 unspecified atom stereocenters. The van der Waals surface area contributed by atoms with Crippen molar-refractivity contribution in [1.29, 1.82) is 0 Å². The highest BCUT2D eigenvalue weighted by molar-refractivity contribution is 5.24. The van der Waals surface area contributed by atoms with Crippen molar-refractivity contribution < 1.29 is 0 Å². The topological polar surface area (TPSA) is 3.24 Å². The fraction of sp³-hybridized carbons (Fsp3) is 0.182. The Balaban J connectivity index is 1.82. The van der Waals surface area contributed by atoms with Gasteiger partial charge in [-0.05, 0) is 30.2 Å². The van der Waals surface area contributed by atoms with Crippen molar-refractivity contribution in [2.75, 3.05) is 7.05 Å². The largest absolute Gasteiger partial charge is 0.295 e. The van der Waals surface area contributed by atoms with Crippen LogP contribution in [0, 0.1) is 0 Å². The summed E-state index contributed by atoms with van der Waals surface area (Å²) in [5, 5.41) is 0. The van der Waals surface area contributed by atoms with E-state index in [1.54, 1.807) is 0 Å². The highest BCUT2D eigenvalue weighted by Crippen LogP contribution is 2.25. The Hall–Kier alpha value is -2.38. The van der Waals surface area contributed by atoms with Gasteiger partial charge in [-0.25, -0.2) is 0 Å². The first-order valence-electron chi connectivity index (χ1n) is 8.16. The third-order valence-electron chi connectivity index (χ3n) is 4.26. The van der Waals surface area contributed by atoms with Gasteiger partial charge >= 0.3 is 0 Å². The fourth-order valence-electron chi connectivity index (χ4n) is 3.02. The average molecular weight is 301 g/mol. The molecule has 0 radical (unpaired) electrons. The van der Waals surface area contributed by atoms with Crippen LogP contribution in [0.1, 0.15) is 22.7 Å². The molecule has 0 aliphatic heterocycles. The van der Waals surface area contributed by atoms with Crippen molar-refractivity contribution in [1.82, 2.24) is 4.90 Å². The maximum absolute atomic E-state index is 2.44. The van der Waals surface area contributed by atoms with Gasteiger partial charge in [-0.2, -0.15) is 0 Å². The molecule has 3 aromatic rings. The van der Waals surface area contributed by atoms with Gasteiger partial charge in [0, 0.05) is 12.6 Å². The quantitative estimate of drug-likeness (QED) is 0.612. The van der Waals surface area contributed by atoms with Gasteiger partial charge in [-0.3, -0.25) is 4.90 Å². The average Bonchev–Trinajstić information content (AvgIpc) is 2.62. The van der Waals surface area contributed by atoms with Crippen LogP contribution in [0.4, 0.5) is 0 Å². The molecule has 0 aliphatic carbocycles. The van der Waals surface area contributed by atoms with E-state index >= 15 is 0 Å². The van der Waals surface area contributed by atoms with Crippen molar-refractivity contribution in [2.24, 2.45) is 0 Å². The Morgan fingerprint density at radius 2 is 1.13 bits per heavy atom. The Kier molecular flexibility index (Phi) is 5.23. The summed E-state index contributed by atoms with van der Waals surface area (Å²) >= 11 is 0. The van der Waals surface area contributed by atoms with Crippen LogP contribution in [-0.2, 0) is 13.0 Å². The molecule has 1 atom stereocenters. The Morgan fingerprint density at radius 3 is 1.70 bits per heavy atom. The van der Waals surface area contributed by atoms with E-state index < -0.39 is 0 Å². The Morgan fingerprint density at radius 1 is 0.652 bits per heavy atom. The first-order valence-corrected chi connectivity index (χ1v) is 8.16. The first kappa shape index (κ1) is 15.5. The van der Waals surface area contributed by atoms with Crippen molar-refractivity contribution in [2.45, 2.75) is 19.0 Å². The summed E-state index contributed by atoms with van der Waals surface area (Å²) in [5.41, 5.74) is 4.10. The SMILES string of the molecule is CN(Cc1ccccc1)C(Cc1ccccc1)c1ccccc1. The summed E-state index contributed by atoms with van der Waals surface area (Å²) in [5.74, 6) is 0. The number of likely N-dealkylation sites (N-methyl/N-ethyl adjacent to an activating group) is 1. The van der Waals surface area contributed by atoms with Crippen LogP contribution in [0.3, 0.4) is 0 Å². The van der Waals surface area contributed by atoms with Crippen LogP contribution < -0.4 is 0 Å². The zero-order valence-electron chi connectivity index (χ0n) is 13.6. The highest BCUT2D eigenvalue weighted by Gasteiger charge is 2.17. The molecular weight excluding hydrogens is 278 g/mol. The second-order valence-electron chi connectivity index (χ2n) is 6.02. The molecule has 0 saturated carbocycles. The van der Waals surface area contributed by atoms with E-state index in [0.29, 0.717) is 6.04 Å². The minimum Gasteiger partial charge on any atom is -0.295 e. The van der Waals surface area contributed by atoms with Crippen molar-refractivity contribution in [3.05, 3.63) is 108 Å². The van der Waals surface area contributed by atoms with Crippen molar-refractivity contribution in [3.63, 3.8) is 0 Å². The summed E-state index contributed by atoms with van der Waals surface area (Å²) in [6.45, 7) is 0.952. The molecule has 0 bridgehead atoms. The van der Waals surface area contributed by atoms with Crippen LogP contribution in [0.25, 0.3) is 0 Å². The Labute approximate surface area is 139 Å². The third-order valence-corrected chi connectivity index (χ3v) is 4.26. The Bertz CT molecular complexity index is 692. The predicted octanol–water partition coefficient (Wildman–Crippen LogP) is 5.10. The summed E-state index contributed by atoms with van der Waals surface area (Å²) in [4.78, 5) is 2.44. The standard InChI is InChI=1S/C22H23N/c1-23(18-20-13-7-3-8-14-20)22(21-15-9-4-10-16-21)17-19-11-5-2-6-12-19/h2-16,22H,17-18H2,1H3. The number of hydrogen-bond donors (Lipinski definition) is 0. The van der Waals surface area contributed by atoms with E-state index in [2.05, 4.69) is 103 Å². The number of hydrogen-bond acceptors (Lipinski definition) is 1. The summed E-state index contributed by atoms with van der Waals surface area (Å²) < 4.78 is 0. The van der Waals surface area contributed by atoms with Crippen molar-refractivity contribution >= 4 is 0 Å².